The highest BCUT2D eigenvalue weighted by molar-refractivity contribution is 5.82. The number of para-hydroxylation sites is 1. The molecule has 1 unspecified atom stereocenters. The number of benzene rings is 2. The molecule has 22 heavy (non-hydrogen) atoms. The van der Waals surface area contributed by atoms with Crippen LogP contribution in [0.2, 0.25) is 0 Å². The summed E-state index contributed by atoms with van der Waals surface area (Å²) in [7, 11) is 0. The Hall–Kier alpha value is -1.97. The molecule has 0 bridgehead atoms. The Morgan fingerprint density at radius 2 is 1.59 bits per heavy atom. The third-order valence-corrected chi connectivity index (χ3v) is 4.68. The monoisotopic (exact) mass is 293 g/mol. The Bertz CT molecular complexity index is 704. The first-order chi connectivity index (χ1) is 10.8. The zero-order valence-corrected chi connectivity index (χ0v) is 12.7. The molecule has 2 aromatic carbocycles. The van der Waals surface area contributed by atoms with Crippen molar-refractivity contribution in [1.29, 1.82) is 0 Å². The Kier molecular flexibility index (Phi) is 3.13. The Morgan fingerprint density at radius 1 is 0.909 bits per heavy atom. The number of hydrogen-bond acceptors (Lipinski definition) is 3. The molecule has 2 heterocycles. The van der Waals surface area contributed by atoms with Crippen LogP contribution in [0.3, 0.4) is 0 Å². The summed E-state index contributed by atoms with van der Waals surface area (Å²) in [5.41, 5.74) is 2.64. The number of ether oxygens (including phenoxy) is 2. The second kappa shape index (κ2) is 5.04. The van der Waals surface area contributed by atoms with Crippen LogP contribution in [0.25, 0.3) is 0 Å². The Balaban J connectivity index is 1.96. The van der Waals surface area contributed by atoms with Crippen LogP contribution >= 0.6 is 0 Å². The van der Waals surface area contributed by atoms with E-state index in [-0.39, 0.29) is 0 Å². The first-order valence-electron chi connectivity index (χ1n) is 7.74. The van der Waals surface area contributed by atoms with Crippen LogP contribution in [0.4, 0.5) is 5.69 Å². The van der Waals surface area contributed by atoms with Crippen LogP contribution in [-0.4, -0.2) is 19.4 Å². The van der Waals surface area contributed by atoms with E-state index in [2.05, 4.69) is 30.1 Å². The van der Waals surface area contributed by atoms with Crippen LogP contribution in [0, 0.1) is 0 Å². The van der Waals surface area contributed by atoms with Gasteiger partial charge in [0.25, 0.3) is 0 Å². The first-order valence-corrected chi connectivity index (χ1v) is 7.74. The van der Waals surface area contributed by atoms with Gasteiger partial charge in [-0.2, -0.15) is 0 Å². The van der Waals surface area contributed by atoms with Crippen molar-refractivity contribution >= 4 is 11.9 Å². The van der Waals surface area contributed by atoms with Crippen molar-refractivity contribution in [2.75, 3.05) is 13.2 Å². The maximum atomic E-state index is 6.29. The largest absolute Gasteiger partial charge is 0.345 e. The molecule has 1 saturated heterocycles. The van der Waals surface area contributed by atoms with E-state index in [1.807, 2.05) is 42.6 Å². The van der Waals surface area contributed by atoms with Gasteiger partial charge in [0.2, 0.25) is 5.79 Å². The Labute approximate surface area is 130 Å². The lowest BCUT2D eigenvalue weighted by molar-refractivity contribution is -0.298. The van der Waals surface area contributed by atoms with Crippen LogP contribution in [-0.2, 0) is 20.7 Å². The van der Waals surface area contributed by atoms with Gasteiger partial charge in [0, 0.05) is 11.8 Å². The third-order valence-electron chi connectivity index (χ3n) is 4.68. The summed E-state index contributed by atoms with van der Waals surface area (Å²) >= 11 is 0. The minimum Gasteiger partial charge on any atom is -0.345 e. The van der Waals surface area contributed by atoms with E-state index in [1.165, 1.54) is 0 Å². The second-order valence-electron chi connectivity index (χ2n) is 6.01. The van der Waals surface area contributed by atoms with Gasteiger partial charge >= 0.3 is 0 Å². The maximum absolute atomic E-state index is 6.29. The maximum Gasteiger partial charge on any atom is 0.211 e. The van der Waals surface area contributed by atoms with Crippen molar-refractivity contribution in [3.63, 3.8) is 0 Å². The van der Waals surface area contributed by atoms with E-state index >= 15 is 0 Å². The summed E-state index contributed by atoms with van der Waals surface area (Å²) in [5, 5.41) is 0. The molecule has 0 N–H and O–H groups in total. The number of hydrogen-bond donors (Lipinski definition) is 0. The van der Waals surface area contributed by atoms with Crippen LogP contribution in [0.1, 0.15) is 24.5 Å². The van der Waals surface area contributed by atoms with E-state index in [0.717, 1.165) is 23.2 Å². The predicted octanol–water partition coefficient (Wildman–Crippen LogP) is 3.95. The lowest BCUT2D eigenvalue weighted by Gasteiger charge is -2.50. The smallest absolute Gasteiger partial charge is 0.211 e. The number of fused-ring (bicyclic) bond motifs is 2. The molecule has 1 fully saturated rings. The SMILES string of the molecule is CC1(c2ccccc2)C=Nc2ccccc2C12OCCCO2. The Morgan fingerprint density at radius 3 is 2.36 bits per heavy atom. The molecule has 2 aromatic rings. The van der Waals surface area contributed by atoms with E-state index in [9.17, 15) is 0 Å². The van der Waals surface area contributed by atoms with Crippen molar-refractivity contribution < 1.29 is 9.47 Å². The summed E-state index contributed by atoms with van der Waals surface area (Å²) in [4.78, 5) is 4.69. The summed E-state index contributed by atoms with van der Waals surface area (Å²) in [6.45, 7) is 3.54. The summed E-state index contributed by atoms with van der Waals surface area (Å²) in [6.07, 6.45) is 2.90. The van der Waals surface area contributed by atoms with Crippen molar-refractivity contribution in [1.82, 2.24) is 0 Å². The van der Waals surface area contributed by atoms with Crippen LogP contribution in [0.5, 0.6) is 0 Å². The fraction of sp³-hybridized carbons (Fsp3) is 0.316. The highest BCUT2D eigenvalue weighted by Gasteiger charge is 2.56. The molecule has 1 atom stereocenters. The van der Waals surface area contributed by atoms with Gasteiger partial charge < -0.3 is 9.47 Å². The van der Waals surface area contributed by atoms with Gasteiger partial charge in [0.1, 0.15) is 0 Å². The standard InChI is InChI=1S/C19H19NO2/c1-18(15-8-3-2-4-9-15)14-20-17-11-6-5-10-16(17)19(18)21-12-7-13-22-19/h2-6,8-11,14H,7,12-13H2,1H3. The molecule has 3 heteroatoms. The summed E-state index contributed by atoms with van der Waals surface area (Å²) in [6, 6.07) is 18.4. The molecule has 3 nitrogen and oxygen atoms in total. The molecule has 0 aliphatic carbocycles. The van der Waals surface area contributed by atoms with E-state index in [4.69, 9.17) is 9.47 Å². The average Bonchev–Trinajstić information content (AvgIpc) is 2.60. The second-order valence-corrected chi connectivity index (χ2v) is 6.01. The average molecular weight is 293 g/mol. The van der Waals surface area contributed by atoms with E-state index in [1.54, 1.807) is 0 Å². The number of aliphatic imine (C=N–C) groups is 1. The van der Waals surface area contributed by atoms with Gasteiger partial charge in [-0.3, -0.25) is 4.99 Å². The number of rotatable bonds is 1. The van der Waals surface area contributed by atoms with Gasteiger partial charge in [-0.25, -0.2) is 0 Å². The third kappa shape index (κ3) is 1.79. The normalized spacial score (nSPS) is 25.9. The molecule has 4 rings (SSSR count). The van der Waals surface area contributed by atoms with Crippen LogP contribution in [0.15, 0.2) is 59.6 Å². The molecule has 0 radical (unpaired) electrons. The van der Waals surface area contributed by atoms with Gasteiger partial charge in [0.15, 0.2) is 0 Å². The first kappa shape index (κ1) is 13.7. The molecule has 0 saturated carbocycles. The lowest BCUT2D eigenvalue weighted by Crippen LogP contribution is -2.55. The van der Waals surface area contributed by atoms with Crippen LogP contribution < -0.4 is 0 Å². The fourth-order valence-corrected chi connectivity index (χ4v) is 3.46. The van der Waals surface area contributed by atoms with E-state index < -0.39 is 11.2 Å². The molecular formula is C19H19NO2. The lowest BCUT2D eigenvalue weighted by atomic mass is 9.70. The highest BCUT2D eigenvalue weighted by atomic mass is 16.7. The molecule has 0 amide bonds. The number of nitrogens with zero attached hydrogens (tertiary/aromatic N) is 1. The van der Waals surface area contributed by atoms with E-state index in [0.29, 0.717) is 13.2 Å². The van der Waals surface area contributed by atoms with Crippen molar-refractivity contribution in [3.8, 4) is 0 Å². The van der Waals surface area contributed by atoms with Gasteiger partial charge in [-0.05, 0) is 25.0 Å². The quantitative estimate of drug-likeness (QED) is 0.797. The van der Waals surface area contributed by atoms with Gasteiger partial charge in [-0.1, -0.05) is 48.5 Å². The molecule has 0 aromatic heterocycles. The molecular weight excluding hydrogens is 274 g/mol. The zero-order chi connectivity index (χ0) is 15.0. The van der Waals surface area contributed by atoms with Crippen molar-refractivity contribution in [2.45, 2.75) is 24.5 Å². The molecule has 1 spiro atoms. The van der Waals surface area contributed by atoms with Gasteiger partial charge in [0.05, 0.1) is 24.3 Å². The fourth-order valence-electron chi connectivity index (χ4n) is 3.46. The minimum atomic E-state index is -0.801. The van der Waals surface area contributed by atoms with Crippen molar-refractivity contribution in [2.24, 2.45) is 4.99 Å². The summed E-state index contributed by atoms with van der Waals surface area (Å²) < 4.78 is 12.6. The topological polar surface area (TPSA) is 30.8 Å². The summed E-state index contributed by atoms with van der Waals surface area (Å²) in [5.74, 6) is -0.801. The van der Waals surface area contributed by atoms with Crippen molar-refractivity contribution in [3.05, 3.63) is 65.7 Å². The highest BCUT2D eigenvalue weighted by Crippen LogP contribution is 2.52. The zero-order valence-electron chi connectivity index (χ0n) is 12.7. The molecule has 2 aliphatic heterocycles. The predicted molar refractivity (Wildman–Crippen MR) is 86.6 cm³/mol. The minimum absolute atomic E-state index is 0.455. The van der Waals surface area contributed by atoms with Gasteiger partial charge in [-0.15, -0.1) is 0 Å². The molecule has 112 valence electrons. The molecule has 2 aliphatic rings.